The van der Waals surface area contributed by atoms with Crippen molar-refractivity contribution >= 4 is 44.7 Å². The van der Waals surface area contributed by atoms with E-state index in [1.54, 1.807) is 13.8 Å². The van der Waals surface area contributed by atoms with E-state index in [9.17, 15) is 13.2 Å². The first-order chi connectivity index (χ1) is 8.11. The van der Waals surface area contributed by atoms with E-state index < -0.39 is 10.0 Å². The van der Waals surface area contributed by atoms with Gasteiger partial charge in [0.15, 0.2) is 5.78 Å². The average Bonchev–Trinajstić information content (AvgIpc) is 2.19. The van der Waals surface area contributed by atoms with Gasteiger partial charge in [0.05, 0.1) is 17.0 Å². The van der Waals surface area contributed by atoms with Crippen molar-refractivity contribution in [1.82, 2.24) is 0 Å². The van der Waals surface area contributed by atoms with Crippen LogP contribution in [0.4, 0.5) is 5.69 Å². The molecule has 0 aromatic heterocycles. The Morgan fingerprint density at radius 2 is 1.83 bits per heavy atom. The van der Waals surface area contributed by atoms with Crippen molar-refractivity contribution < 1.29 is 13.2 Å². The van der Waals surface area contributed by atoms with Crippen LogP contribution in [0.15, 0.2) is 12.1 Å². The van der Waals surface area contributed by atoms with Crippen molar-refractivity contribution in [2.24, 2.45) is 5.92 Å². The Hall–Kier alpha value is -0.780. The molecule has 0 bridgehead atoms. The molecule has 1 aromatic rings. The van der Waals surface area contributed by atoms with Gasteiger partial charge in [0, 0.05) is 16.5 Å². The molecule has 100 valence electrons. The molecule has 0 fully saturated rings. The topological polar surface area (TPSA) is 63.2 Å². The molecule has 7 heteroatoms. The van der Waals surface area contributed by atoms with Crippen LogP contribution in [-0.4, -0.2) is 20.5 Å². The minimum Gasteiger partial charge on any atom is -0.294 e. The fourth-order valence-electron chi connectivity index (χ4n) is 1.35. The van der Waals surface area contributed by atoms with E-state index in [4.69, 9.17) is 23.2 Å². The van der Waals surface area contributed by atoms with Gasteiger partial charge in [0.1, 0.15) is 0 Å². The van der Waals surface area contributed by atoms with E-state index in [2.05, 4.69) is 4.72 Å². The highest BCUT2D eigenvalue weighted by Crippen LogP contribution is 2.32. The van der Waals surface area contributed by atoms with Gasteiger partial charge < -0.3 is 0 Å². The summed E-state index contributed by atoms with van der Waals surface area (Å²) in [6, 6.07) is 2.79. The molecular weight excluding hydrogens is 297 g/mol. The fraction of sp³-hybridized carbons (Fsp3) is 0.364. The number of sulfonamides is 1. The van der Waals surface area contributed by atoms with Crippen LogP contribution < -0.4 is 4.72 Å². The molecule has 4 nitrogen and oxygen atoms in total. The molecule has 18 heavy (non-hydrogen) atoms. The smallest absolute Gasteiger partial charge is 0.229 e. The highest BCUT2D eigenvalue weighted by Gasteiger charge is 2.19. The summed E-state index contributed by atoms with van der Waals surface area (Å²) in [4.78, 5) is 11.9. The van der Waals surface area contributed by atoms with Gasteiger partial charge in [-0.05, 0) is 12.1 Å². The molecule has 0 unspecified atom stereocenters. The molecule has 0 amide bonds. The number of hydrogen-bond acceptors (Lipinski definition) is 3. The molecule has 0 aliphatic rings. The van der Waals surface area contributed by atoms with Crippen LogP contribution in [-0.2, 0) is 10.0 Å². The minimum atomic E-state index is -3.48. The molecule has 0 radical (unpaired) electrons. The minimum absolute atomic E-state index is 0.0588. The molecule has 0 atom stereocenters. The second-order valence-corrected chi connectivity index (χ2v) is 6.77. The summed E-state index contributed by atoms with van der Waals surface area (Å²) in [5.41, 5.74) is 0.320. The molecule has 0 aliphatic carbocycles. The number of hydrogen-bond donors (Lipinski definition) is 1. The SMILES string of the molecule is CC(C)C(=O)c1cc(Cl)cc(NS(C)(=O)=O)c1Cl. The zero-order valence-electron chi connectivity index (χ0n) is 10.1. The maximum atomic E-state index is 11.9. The molecular formula is C11H13Cl2NO3S. The van der Waals surface area contributed by atoms with E-state index in [-0.39, 0.29) is 33.0 Å². The molecule has 0 aliphatic heterocycles. The van der Waals surface area contributed by atoms with Crippen LogP contribution in [0, 0.1) is 5.92 Å². The normalized spacial score (nSPS) is 11.7. The monoisotopic (exact) mass is 309 g/mol. The Labute approximate surface area is 116 Å². The van der Waals surface area contributed by atoms with Crippen molar-refractivity contribution in [3.8, 4) is 0 Å². The van der Waals surface area contributed by atoms with Crippen LogP contribution in [0.2, 0.25) is 10.0 Å². The van der Waals surface area contributed by atoms with Crippen molar-refractivity contribution in [2.45, 2.75) is 13.8 Å². The lowest BCUT2D eigenvalue weighted by molar-refractivity contribution is 0.0939. The van der Waals surface area contributed by atoms with Crippen LogP contribution in [0.5, 0.6) is 0 Å². The zero-order chi connectivity index (χ0) is 14.1. The maximum Gasteiger partial charge on any atom is 0.229 e. The number of Topliss-reactive ketones (excluding diaryl/α,β-unsaturated/α-hetero) is 1. The lowest BCUT2D eigenvalue weighted by Crippen LogP contribution is -2.13. The van der Waals surface area contributed by atoms with Gasteiger partial charge in [-0.3, -0.25) is 9.52 Å². The summed E-state index contributed by atoms with van der Waals surface area (Å²) in [7, 11) is -3.48. The number of nitrogens with one attached hydrogen (secondary N) is 1. The summed E-state index contributed by atoms with van der Waals surface area (Å²) in [5, 5.41) is 0.304. The Morgan fingerprint density at radius 1 is 1.28 bits per heavy atom. The lowest BCUT2D eigenvalue weighted by atomic mass is 10.0. The van der Waals surface area contributed by atoms with Gasteiger partial charge in [0.25, 0.3) is 0 Å². The van der Waals surface area contributed by atoms with E-state index in [1.165, 1.54) is 12.1 Å². The third-order valence-corrected chi connectivity index (χ3v) is 3.34. The number of benzene rings is 1. The van der Waals surface area contributed by atoms with Crippen LogP contribution in [0.25, 0.3) is 0 Å². The number of anilines is 1. The Morgan fingerprint density at radius 3 is 2.28 bits per heavy atom. The number of halogens is 2. The van der Waals surface area contributed by atoms with E-state index in [0.717, 1.165) is 6.26 Å². The van der Waals surface area contributed by atoms with Crippen molar-refractivity contribution in [3.63, 3.8) is 0 Å². The second kappa shape index (κ2) is 5.47. The summed E-state index contributed by atoms with van der Waals surface area (Å²) in [5.74, 6) is -0.453. The number of ketones is 1. The first kappa shape index (κ1) is 15.3. The molecule has 0 saturated heterocycles. The zero-order valence-corrected chi connectivity index (χ0v) is 12.4. The van der Waals surface area contributed by atoms with Crippen LogP contribution in [0.1, 0.15) is 24.2 Å². The van der Waals surface area contributed by atoms with Gasteiger partial charge in [-0.25, -0.2) is 8.42 Å². The summed E-state index contributed by atoms with van der Waals surface area (Å²) >= 11 is 11.9. The standard InChI is InChI=1S/C11H13Cl2NO3S/c1-6(2)11(15)8-4-7(12)5-9(10(8)13)14-18(3,16)17/h4-6,14H,1-3H3. The molecule has 1 rings (SSSR count). The summed E-state index contributed by atoms with van der Waals surface area (Å²) in [6.07, 6.45) is 0.994. The van der Waals surface area contributed by atoms with E-state index in [1.807, 2.05) is 0 Å². The van der Waals surface area contributed by atoms with Gasteiger partial charge in [-0.1, -0.05) is 37.0 Å². The van der Waals surface area contributed by atoms with Gasteiger partial charge in [-0.15, -0.1) is 0 Å². The number of carbonyl (C=O) groups is 1. The van der Waals surface area contributed by atoms with Crippen molar-refractivity contribution in [3.05, 3.63) is 27.7 Å². The van der Waals surface area contributed by atoms with Crippen LogP contribution in [0.3, 0.4) is 0 Å². The van der Waals surface area contributed by atoms with E-state index in [0.29, 0.717) is 0 Å². The van der Waals surface area contributed by atoms with E-state index >= 15 is 0 Å². The van der Waals surface area contributed by atoms with Crippen molar-refractivity contribution in [2.75, 3.05) is 11.0 Å². The highest BCUT2D eigenvalue weighted by molar-refractivity contribution is 7.92. The van der Waals surface area contributed by atoms with Crippen LogP contribution >= 0.6 is 23.2 Å². The largest absolute Gasteiger partial charge is 0.294 e. The second-order valence-electron chi connectivity index (χ2n) is 4.21. The van der Waals surface area contributed by atoms with Crippen molar-refractivity contribution in [1.29, 1.82) is 0 Å². The number of rotatable bonds is 4. The average molecular weight is 310 g/mol. The Balaban J connectivity index is 3.35. The predicted molar refractivity (Wildman–Crippen MR) is 74.1 cm³/mol. The molecule has 0 spiro atoms. The molecule has 0 heterocycles. The quantitative estimate of drug-likeness (QED) is 0.869. The first-order valence-electron chi connectivity index (χ1n) is 5.13. The third-order valence-electron chi connectivity index (χ3n) is 2.12. The Kier molecular flexibility index (Phi) is 4.64. The van der Waals surface area contributed by atoms with Gasteiger partial charge in [0.2, 0.25) is 10.0 Å². The summed E-state index contributed by atoms with van der Waals surface area (Å²) in [6.45, 7) is 3.45. The highest BCUT2D eigenvalue weighted by atomic mass is 35.5. The Bertz CT molecular complexity index is 582. The first-order valence-corrected chi connectivity index (χ1v) is 7.77. The summed E-state index contributed by atoms with van der Waals surface area (Å²) < 4.78 is 24.6. The predicted octanol–water partition coefficient (Wildman–Crippen LogP) is 3.20. The van der Waals surface area contributed by atoms with Gasteiger partial charge >= 0.3 is 0 Å². The lowest BCUT2D eigenvalue weighted by Gasteiger charge is -2.12. The molecule has 1 N–H and O–H groups in total. The molecule has 0 saturated carbocycles. The number of carbonyl (C=O) groups excluding carboxylic acids is 1. The third kappa shape index (κ3) is 3.86. The van der Waals surface area contributed by atoms with Gasteiger partial charge in [-0.2, -0.15) is 0 Å². The maximum absolute atomic E-state index is 11.9. The molecule has 1 aromatic carbocycles. The fourth-order valence-corrected chi connectivity index (χ4v) is 2.44.